The topological polar surface area (TPSA) is 124 Å². The molecule has 5 aromatic rings. The molecule has 216 valence electrons. The van der Waals surface area contributed by atoms with E-state index < -0.39 is 5.76 Å². The number of nitrogens with one attached hydrogen (secondary N) is 1. The zero-order valence-electron chi connectivity index (χ0n) is 22.9. The fourth-order valence-corrected chi connectivity index (χ4v) is 5.64. The SMILES string of the molecule is O=c1[nH]c(-c2ccc3c(c2)nc(CN2CCC(Oc4ccnc(Cc5ccc(Cl)cc5)n4)CC2)n3C[C@@H]2CCO2)no1. The number of nitrogens with zero attached hydrogens (tertiary/aromatic N) is 6. The van der Waals surface area contributed by atoms with Crippen LogP contribution >= 0.6 is 11.6 Å². The molecule has 0 radical (unpaired) electrons. The number of hydrogen-bond acceptors (Lipinski definition) is 9. The van der Waals surface area contributed by atoms with Crippen molar-refractivity contribution in [2.24, 2.45) is 0 Å². The van der Waals surface area contributed by atoms with Gasteiger partial charge in [0.05, 0.1) is 30.2 Å². The molecular weight excluding hydrogens is 558 g/mol. The Hall–Kier alpha value is -4.06. The van der Waals surface area contributed by atoms with Gasteiger partial charge in [0.25, 0.3) is 0 Å². The molecule has 0 amide bonds. The monoisotopic (exact) mass is 587 g/mol. The van der Waals surface area contributed by atoms with Crippen molar-refractivity contribution in [1.82, 2.24) is 34.6 Å². The van der Waals surface area contributed by atoms with Crippen molar-refractivity contribution in [2.45, 2.75) is 51.0 Å². The van der Waals surface area contributed by atoms with Crippen LogP contribution in [0.1, 0.15) is 36.5 Å². The van der Waals surface area contributed by atoms with Gasteiger partial charge >= 0.3 is 5.76 Å². The molecule has 7 rings (SSSR count). The normalized spacial score (nSPS) is 17.9. The fraction of sp³-hybridized carbons (Fsp3) is 0.367. The molecule has 0 bridgehead atoms. The summed E-state index contributed by atoms with van der Waals surface area (Å²) in [5, 5.41) is 4.53. The van der Waals surface area contributed by atoms with E-state index in [0.717, 1.165) is 85.9 Å². The van der Waals surface area contributed by atoms with Crippen LogP contribution in [-0.2, 0) is 24.2 Å². The Morgan fingerprint density at radius 3 is 2.62 bits per heavy atom. The van der Waals surface area contributed by atoms with E-state index in [4.69, 9.17) is 26.1 Å². The molecular formula is C30H30ClN7O4. The number of benzene rings is 2. The van der Waals surface area contributed by atoms with E-state index in [1.807, 2.05) is 48.5 Å². The number of fused-ring (bicyclic) bond motifs is 1. The minimum Gasteiger partial charge on any atom is -0.474 e. The van der Waals surface area contributed by atoms with Crippen molar-refractivity contribution in [1.29, 1.82) is 0 Å². The Labute approximate surface area is 246 Å². The number of imidazole rings is 1. The lowest BCUT2D eigenvalue weighted by molar-refractivity contribution is -0.0592. The summed E-state index contributed by atoms with van der Waals surface area (Å²) in [7, 11) is 0. The minimum atomic E-state index is -0.580. The third kappa shape index (κ3) is 5.94. The molecule has 3 aromatic heterocycles. The molecule has 5 heterocycles. The number of piperidine rings is 1. The number of aromatic amines is 1. The number of likely N-dealkylation sites (tertiary alicyclic amines) is 1. The van der Waals surface area contributed by atoms with Gasteiger partial charge in [-0.15, -0.1) is 0 Å². The molecule has 12 heteroatoms. The lowest BCUT2D eigenvalue weighted by Crippen LogP contribution is -2.39. The second-order valence-corrected chi connectivity index (χ2v) is 11.2. The highest BCUT2D eigenvalue weighted by molar-refractivity contribution is 6.30. The summed E-state index contributed by atoms with van der Waals surface area (Å²) in [6.07, 6.45) is 5.50. The maximum atomic E-state index is 11.4. The first-order chi connectivity index (χ1) is 20.6. The first-order valence-electron chi connectivity index (χ1n) is 14.2. The maximum absolute atomic E-state index is 11.4. The summed E-state index contributed by atoms with van der Waals surface area (Å²) in [4.78, 5) is 30.5. The second-order valence-electron chi connectivity index (χ2n) is 10.8. The van der Waals surface area contributed by atoms with Crippen LogP contribution in [-0.4, -0.2) is 66.5 Å². The van der Waals surface area contributed by atoms with Crippen LogP contribution in [0.2, 0.25) is 5.02 Å². The third-order valence-electron chi connectivity index (χ3n) is 7.86. The third-order valence-corrected chi connectivity index (χ3v) is 8.12. The predicted molar refractivity (Wildman–Crippen MR) is 155 cm³/mol. The highest BCUT2D eigenvalue weighted by atomic mass is 35.5. The number of aromatic nitrogens is 6. The summed E-state index contributed by atoms with van der Waals surface area (Å²) in [6.45, 7) is 4.07. The Morgan fingerprint density at radius 1 is 1.05 bits per heavy atom. The summed E-state index contributed by atoms with van der Waals surface area (Å²) in [5.41, 5.74) is 3.74. The second kappa shape index (κ2) is 11.7. The van der Waals surface area contributed by atoms with Gasteiger partial charge < -0.3 is 14.0 Å². The lowest BCUT2D eigenvalue weighted by atomic mass is 10.1. The molecule has 1 N–H and O–H groups in total. The number of rotatable bonds is 9. The van der Waals surface area contributed by atoms with E-state index in [9.17, 15) is 4.79 Å². The first-order valence-corrected chi connectivity index (χ1v) is 14.6. The summed E-state index contributed by atoms with van der Waals surface area (Å²) >= 11 is 6.01. The van der Waals surface area contributed by atoms with Crippen LogP contribution in [0.4, 0.5) is 0 Å². The minimum absolute atomic E-state index is 0.0916. The molecule has 2 fully saturated rings. The molecule has 1 atom stereocenters. The van der Waals surface area contributed by atoms with Crippen molar-refractivity contribution in [2.75, 3.05) is 19.7 Å². The van der Waals surface area contributed by atoms with Gasteiger partial charge in [0.2, 0.25) is 5.88 Å². The van der Waals surface area contributed by atoms with Crippen LogP contribution < -0.4 is 10.5 Å². The largest absolute Gasteiger partial charge is 0.474 e. The summed E-state index contributed by atoms with van der Waals surface area (Å²) < 4.78 is 19.0. The highest BCUT2D eigenvalue weighted by Crippen LogP contribution is 2.27. The Kier molecular flexibility index (Phi) is 7.45. The van der Waals surface area contributed by atoms with E-state index in [0.29, 0.717) is 23.1 Å². The van der Waals surface area contributed by atoms with Crippen molar-refractivity contribution < 1.29 is 14.0 Å². The quantitative estimate of drug-likeness (QED) is 0.269. The van der Waals surface area contributed by atoms with E-state index in [1.165, 1.54) is 0 Å². The molecule has 11 nitrogen and oxygen atoms in total. The van der Waals surface area contributed by atoms with Gasteiger partial charge in [-0.2, -0.15) is 4.98 Å². The van der Waals surface area contributed by atoms with E-state index in [2.05, 4.69) is 34.1 Å². The van der Waals surface area contributed by atoms with Gasteiger partial charge in [0, 0.05) is 49.0 Å². The van der Waals surface area contributed by atoms with Gasteiger partial charge in [0.15, 0.2) is 5.82 Å². The zero-order valence-corrected chi connectivity index (χ0v) is 23.7. The Balaban J connectivity index is 1.01. The number of hydrogen-bond donors (Lipinski definition) is 1. The van der Waals surface area contributed by atoms with Crippen molar-refractivity contribution in [3.63, 3.8) is 0 Å². The molecule has 0 aliphatic carbocycles. The van der Waals surface area contributed by atoms with Crippen molar-refractivity contribution in [3.05, 3.63) is 87.5 Å². The van der Waals surface area contributed by atoms with Crippen molar-refractivity contribution in [3.8, 4) is 17.3 Å². The van der Waals surface area contributed by atoms with Crippen LogP contribution in [0.5, 0.6) is 5.88 Å². The Bertz CT molecular complexity index is 1740. The standard InChI is InChI=1S/C30H30ClN7O4/c31-21-4-1-19(2-5-21)15-26-32-11-7-28(34-26)41-22-8-12-37(13-9-22)18-27-33-24-16-20(29-35-30(39)42-36-29)3-6-25(24)38(27)17-23-10-14-40-23/h1-7,11,16,22-23H,8-10,12-15,17-18H2,(H,35,36,39)/t23-/m0/s1. The van der Waals surface area contributed by atoms with Gasteiger partial charge in [0.1, 0.15) is 17.8 Å². The van der Waals surface area contributed by atoms with Crippen LogP contribution in [0.15, 0.2) is 64.0 Å². The summed E-state index contributed by atoms with van der Waals surface area (Å²) in [5.74, 6) is 2.14. The molecule has 0 spiro atoms. The van der Waals surface area contributed by atoms with Crippen LogP contribution in [0.25, 0.3) is 22.4 Å². The molecule has 2 aliphatic heterocycles. The van der Waals surface area contributed by atoms with Crippen LogP contribution in [0, 0.1) is 0 Å². The zero-order chi connectivity index (χ0) is 28.5. The first kappa shape index (κ1) is 26.8. The van der Waals surface area contributed by atoms with Gasteiger partial charge in [-0.05, 0) is 55.2 Å². The number of halogens is 1. The fourth-order valence-electron chi connectivity index (χ4n) is 5.51. The molecule has 2 aromatic carbocycles. The maximum Gasteiger partial charge on any atom is 0.439 e. The average Bonchev–Trinajstić information content (AvgIpc) is 3.55. The molecule has 2 aliphatic rings. The van der Waals surface area contributed by atoms with Gasteiger partial charge in [-0.25, -0.2) is 14.8 Å². The lowest BCUT2D eigenvalue weighted by Gasteiger charge is -2.32. The molecule has 42 heavy (non-hydrogen) atoms. The van der Waals surface area contributed by atoms with E-state index >= 15 is 0 Å². The van der Waals surface area contributed by atoms with Gasteiger partial charge in [-0.3, -0.25) is 14.4 Å². The van der Waals surface area contributed by atoms with E-state index in [1.54, 1.807) is 6.20 Å². The molecule has 0 unspecified atom stereocenters. The van der Waals surface area contributed by atoms with E-state index in [-0.39, 0.29) is 12.2 Å². The van der Waals surface area contributed by atoms with Gasteiger partial charge in [-0.1, -0.05) is 28.9 Å². The summed E-state index contributed by atoms with van der Waals surface area (Å²) in [6, 6.07) is 15.4. The molecule has 2 saturated heterocycles. The number of ether oxygens (including phenoxy) is 2. The predicted octanol–water partition coefficient (Wildman–Crippen LogP) is 4.25. The average molecular weight is 588 g/mol. The smallest absolute Gasteiger partial charge is 0.439 e. The van der Waals surface area contributed by atoms with Crippen LogP contribution in [0.3, 0.4) is 0 Å². The molecule has 0 saturated carbocycles. The Morgan fingerprint density at radius 2 is 1.88 bits per heavy atom. The highest BCUT2D eigenvalue weighted by Gasteiger charge is 2.26. The number of H-pyrrole nitrogens is 1. The van der Waals surface area contributed by atoms with Crippen molar-refractivity contribution >= 4 is 22.6 Å².